The molecule has 6 heteroatoms. The predicted molar refractivity (Wildman–Crippen MR) is 102 cm³/mol. The van der Waals surface area contributed by atoms with Crippen LogP contribution < -0.4 is 10.1 Å². The lowest BCUT2D eigenvalue weighted by Gasteiger charge is -2.18. The number of pyridine rings is 1. The molecule has 2 aromatic heterocycles. The summed E-state index contributed by atoms with van der Waals surface area (Å²) >= 11 is 0. The highest BCUT2D eigenvalue weighted by Gasteiger charge is 2.29. The quantitative estimate of drug-likeness (QED) is 0.745. The topological polar surface area (TPSA) is 75.9 Å². The van der Waals surface area contributed by atoms with Crippen LogP contribution in [-0.2, 0) is 17.9 Å². The monoisotopic (exact) mass is 365 g/mol. The highest BCUT2D eigenvalue weighted by atomic mass is 16.5. The molecule has 1 aromatic carbocycles. The van der Waals surface area contributed by atoms with Gasteiger partial charge in [0.05, 0.1) is 31.1 Å². The molecule has 0 saturated carbocycles. The van der Waals surface area contributed by atoms with Gasteiger partial charge in [0.1, 0.15) is 11.4 Å². The summed E-state index contributed by atoms with van der Waals surface area (Å²) in [6, 6.07) is 9.83. The molecule has 3 heterocycles. The Labute approximate surface area is 157 Å². The van der Waals surface area contributed by atoms with Crippen molar-refractivity contribution in [1.82, 2.24) is 14.7 Å². The van der Waals surface area contributed by atoms with Crippen LogP contribution in [0.2, 0.25) is 0 Å². The van der Waals surface area contributed by atoms with Gasteiger partial charge >= 0.3 is 0 Å². The van der Waals surface area contributed by atoms with E-state index in [-0.39, 0.29) is 18.4 Å². The zero-order chi connectivity index (χ0) is 19.0. The molecule has 1 amide bonds. The second-order valence-corrected chi connectivity index (χ2v) is 6.87. The number of rotatable bonds is 4. The molecule has 0 fully saturated rings. The van der Waals surface area contributed by atoms with Gasteiger partial charge in [-0.1, -0.05) is 12.1 Å². The maximum absolute atomic E-state index is 12.3. The van der Waals surface area contributed by atoms with Crippen molar-refractivity contribution in [1.29, 1.82) is 0 Å². The van der Waals surface area contributed by atoms with Crippen LogP contribution in [0.3, 0.4) is 0 Å². The number of ether oxygens (including phenoxy) is 1. The van der Waals surface area contributed by atoms with Crippen molar-refractivity contribution in [3.8, 4) is 5.75 Å². The molecule has 0 bridgehead atoms. The second kappa shape index (κ2) is 7.04. The van der Waals surface area contributed by atoms with E-state index in [1.807, 2.05) is 44.2 Å². The Bertz CT molecular complexity index is 1010. The van der Waals surface area contributed by atoms with E-state index in [4.69, 9.17) is 9.72 Å². The number of nitrogens with one attached hydrogen (secondary N) is 1. The van der Waals surface area contributed by atoms with E-state index in [9.17, 15) is 9.90 Å². The van der Waals surface area contributed by atoms with Crippen molar-refractivity contribution < 1.29 is 14.6 Å². The number of aliphatic hydroxyl groups excluding tert-OH is 1. The maximum Gasteiger partial charge on any atom is 0.221 e. The molecule has 4 rings (SSSR count). The van der Waals surface area contributed by atoms with E-state index in [1.165, 1.54) is 0 Å². The number of hydrogen-bond donors (Lipinski definition) is 2. The molecular weight excluding hydrogens is 342 g/mol. The summed E-state index contributed by atoms with van der Waals surface area (Å²) in [5.74, 6) is 0.537. The largest absolute Gasteiger partial charge is 0.494 e. The Morgan fingerprint density at radius 2 is 2.19 bits per heavy atom. The Morgan fingerprint density at radius 1 is 1.33 bits per heavy atom. The summed E-state index contributed by atoms with van der Waals surface area (Å²) < 4.78 is 7.69. The van der Waals surface area contributed by atoms with Crippen LogP contribution in [0.1, 0.15) is 47.3 Å². The van der Waals surface area contributed by atoms with E-state index in [2.05, 4.69) is 15.9 Å². The number of nitrogens with zero attached hydrogens (tertiary/aromatic N) is 2. The molecule has 2 N–H and O–H groups in total. The second-order valence-electron chi connectivity index (χ2n) is 6.87. The molecule has 0 aliphatic carbocycles. The van der Waals surface area contributed by atoms with Gasteiger partial charge < -0.3 is 19.6 Å². The molecule has 0 spiro atoms. The van der Waals surface area contributed by atoms with Gasteiger partial charge in [-0.15, -0.1) is 0 Å². The van der Waals surface area contributed by atoms with Crippen molar-refractivity contribution in [3.63, 3.8) is 0 Å². The third-order valence-corrected chi connectivity index (χ3v) is 5.01. The van der Waals surface area contributed by atoms with Crippen molar-refractivity contribution in [2.75, 3.05) is 6.61 Å². The van der Waals surface area contributed by atoms with E-state index in [0.29, 0.717) is 25.3 Å². The number of fused-ring (bicyclic) bond motifs is 3. The first-order chi connectivity index (χ1) is 13.1. The van der Waals surface area contributed by atoms with Crippen molar-refractivity contribution in [2.24, 2.45) is 0 Å². The van der Waals surface area contributed by atoms with Crippen LogP contribution in [0.5, 0.6) is 5.75 Å². The van der Waals surface area contributed by atoms with Gasteiger partial charge in [-0.2, -0.15) is 0 Å². The van der Waals surface area contributed by atoms with Gasteiger partial charge in [-0.3, -0.25) is 4.79 Å². The van der Waals surface area contributed by atoms with Crippen LogP contribution in [0.15, 0.2) is 36.5 Å². The predicted octanol–water partition coefficient (Wildman–Crippen LogP) is 2.69. The molecule has 6 nitrogen and oxygen atoms in total. The third kappa shape index (κ3) is 3.17. The standard InChI is InChI=1S/C21H23N3O3/c1-3-27-18-6-5-14(8-15(18)12-25)16-9-20(26)22-10-17-21(16)24-11-13(2)4-7-19(24)23-17/h4-8,11,16,25H,3,9-10,12H2,1-2H3,(H,22,26)/t16-/m0/s1. The zero-order valence-corrected chi connectivity index (χ0v) is 15.5. The Hall–Kier alpha value is -2.86. The van der Waals surface area contributed by atoms with Gasteiger partial charge in [0.15, 0.2) is 0 Å². The highest BCUT2D eigenvalue weighted by Crippen LogP contribution is 2.35. The average Bonchev–Trinajstić information content (AvgIpc) is 2.93. The van der Waals surface area contributed by atoms with Gasteiger partial charge in [-0.25, -0.2) is 4.98 Å². The molecule has 1 atom stereocenters. The van der Waals surface area contributed by atoms with E-state index >= 15 is 0 Å². The van der Waals surface area contributed by atoms with Crippen molar-refractivity contribution >= 4 is 11.6 Å². The van der Waals surface area contributed by atoms with Crippen molar-refractivity contribution in [2.45, 2.75) is 39.3 Å². The number of aliphatic hydroxyl groups is 1. The minimum atomic E-state index is -0.139. The molecule has 1 aliphatic heterocycles. The SMILES string of the molecule is CCOc1ccc([C@@H]2CC(=O)NCc3nc4ccc(C)cn4c32)cc1CO. The fourth-order valence-electron chi connectivity index (χ4n) is 3.77. The van der Waals surface area contributed by atoms with Crippen LogP contribution in [-0.4, -0.2) is 27.0 Å². The highest BCUT2D eigenvalue weighted by molar-refractivity contribution is 5.78. The number of carbonyl (C=O) groups excluding carboxylic acids is 1. The fourth-order valence-corrected chi connectivity index (χ4v) is 3.77. The molecule has 27 heavy (non-hydrogen) atoms. The first-order valence-corrected chi connectivity index (χ1v) is 9.21. The number of carbonyl (C=O) groups is 1. The van der Waals surface area contributed by atoms with E-state index in [1.54, 1.807) is 0 Å². The van der Waals surface area contributed by atoms with Gasteiger partial charge in [0, 0.05) is 24.1 Å². The number of aromatic nitrogens is 2. The first-order valence-electron chi connectivity index (χ1n) is 9.21. The van der Waals surface area contributed by atoms with Crippen LogP contribution in [0.25, 0.3) is 5.65 Å². The zero-order valence-electron chi connectivity index (χ0n) is 15.5. The molecular formula is C21H23N3O3. The van der Waals surface area contributed by atoms with E-state index in [0.717, 1.165) is 33.7 Å². The summed E-state index contributed by atoms with van der Waals surface area (Å²) in [5.41, 5.74) is 5.62. The minimum absolute atomic E-state index is 0.00108. The van der Waals surface area contributed by atoms with Gasteiger partial charge in [0.25, 0.3) is 0 Å². The average molecular weight is 365 g/mol. The van der Waals surface area contributed by atoms with Crippen LogP contribution >= 0.6 is 0 Å². The molecule has 0 saturated heterocycles. The lowest BCUT2D eigenvalue weighted by molar-refractivity contribution is -0.121. The molecule has 0 radical (unpaired) electrons. The van der Waals surface area contributed by atoms with E-state index < -0.39 is 0 Å². The normalized spacial score (nSPS) is 16.7. The Morgan fingerprint density at radius 3 is 2.96 bits per heavy atom. The molecule has 140 valence electrons. The number of imidazole rings is 1. The lowest BCUT2D eigenvalue weighted by atomic mass is 9.90. The number of hydrogen-bond acceptors (Lipinski definition) is 4. The number of amides is 1. The number of benzene rings is 1. The minimum Gasteiger partial charge on any atom is -0.494 e. The molecule has 3 aromatic rings. The summed E-state index contributed by atoms with van der Waals surface area (Å²) in [4.78, 5) is 17.1. The Balaban J connectivity index is 1.88. The van der Waals surface area contributed by atoms with Crippen LogP contribution in [0, 0.1) is 6.92 Å². The first kappa shape index (κ1) is 17.5. The summed E-state index contributed by atoms with van der Waals surface area (Å²) in [7, 11) is 0. The Kier molecular flexibility index (Phi) is 4.58. The van der Waals surface area contributed by atoms with Gasteiger partial charge in [0.2, 0.25) is 5.91 Å². The molecule has 0 unspecified atom stereocenters. The maximum atomic E-state index is 12.3. The number of aryl methyl sites for hydroxylation is 1. The third-order valence-electron chi connectivity index (χ3n) is 5.01. The van der Waals surface area contributed by atoms with Gasteiger partial charge in [-0.05, 0) is 43.2 Å². The summed E-state index contributed by atoms with van der Waals surface area (Å²) in [5, 5.41) is 12.7. The summed E-state index contributed by atoms with van der Waals surface area (Å²) in [6.45, 7) is 4.81. The fraction of sp³-hybridized carbons (Fsp3) is 0.333. The molecule has 1 aliphatic rings. The van der Waals surface area contributed by atoms with Crippen LogP contribution in [0.4, 0.5) is 0 Å². The van der Waals surface area contributed by atoms with Crippen molar-refractivity contribution in [3.05, 3.63) is 64.6 Å². The summed E-state index contributed by atoms with van der Waals surface area (Å²) in [6.07, 6.45) is 2.40. The smallest absolute Gasteiger partial charge is 0.221 e. The lowest BCUT2D eigenvalue weighted by Crippen LogP contribution is -2.21.